The first-order chi connectivity index (χ1) is 10.2. The van der Waals surface area contributed by atoms with Crippen molar-refractivity contribution in [3.05, 3.63) is 48.2 Å². The molecule has 7 heteroatoms. The van der Waals surface area contributed by atoms with Crippen molar-refractivity contribution in [1.82, 2.24) is 9.97 Å². The molecule has 3 aromatic rings. The van der Waals surface area contributed by atoms with E-state index in [2.05, 4.69) is 14.7 Å². The molecule has 0 bridgehead atoms. The number of hydrogen-bond acceptors (Lipinski definition) is 7. The van der Waals surface area contributed by atoms with Crippen LogP contribution >= 0.6 is 0 Å². The Balaban J connectivity index is 2.03. The standard InChI is InChI=1S/C14H6N2O5/c17-13-11-12(14(18)21-13)16-10(8-4-2-6-20-8)9(15-11)7-3-1-5-19-7/h1-6H. The molecule has 0 saturated heterocycles. The molecular weight excluding hydrogens is 276 g/mol. The van der Waals surface area contributed by atoms with Gasteiger partial charge in [0, 0.05) is 0 Å². The fourth-order valence-electron chi connectivity index (χ4n) is 2.07. The molecule has 21 heavy (non-hydrogen) atoms. The van der Waals surface area contributed by atoms with Crippen LogP contribution in [0.25, 0.3) is 22.9 Å². The van der Waals surface area contributed by atoms with E-state index in [1.165, 1.54) is 12.5 Å². The summed E-state index contributed by atoms with van der Waals surface area (Å²) in [6.07, 6.45) is 2.94. The lowest BCUT2D eigenvalue weighted by atomic mass is 10.2. The van der Waals surface area contributed by atoms with Gasteiger partial charge in [0.25, 0.3) is 0 Å². The van der Waals surface area contributed by atoms with Crippen LogP contribution in [0.5, 0.6) is 0 Å². The van der Waals surface area contributed by atoms with Crippen LogP contribution in [-0.2, 0) is 4.74 Å². The number of carbonyl (C=O) groups excluding carboxylic acids is 2. The lowest BCUT2D eigenvalue weighted by Crippen LogP contribution is -2.03. The van der Waals surface area contributed by atoms with Gasteiger partial charge in [-0.2, -0.15) is 0 Å². The molecule has 1 aliphatic heterocycles. The summed E-state index contributed by atoms with van der Waals surface area (Å²) in [7, 11) is 0. The first-order valence-electron chi connectivity index (χ1n) is 6.00. The highest BCUT2D eigenvalue weighted by Gasteiger charge is 2.35. The van der Waals surface area contributed by atoms with Crippen molar-refractivity contribution in [3.63, 3.8) is 0 Å². The van der Waals surface area contributed by atoms with Crippen LogP contribution < -0.4 is 0 Å². The van der Waals surface area contributed by atoms with Crippen LogP contribution in [-0.4, -0.2) is 21.9 Å². The van der Waals surface area contributed by atoms with Crippen molar-refractivity contribution < 1.29 is 23.2 Å². The summed E-state index contributed by atoms with van der Waals surface area (Å²) in [6, 6.07) is 6.70. The number of aromatic nitrogens is 2. The molecule has 3 aromatic heterocycles. The molecule has 7 nitrogen and oxygen atoms in total. The number of ether oxygens (including phenoxy) is 1. The molecule has 0 aliphatic carbocycles. The zero-order valence-electron chi connectivity index (χ0n) is 10.4. The second-order valence-electron chi connectivity index (χ2n) is 4.25. The van der Waals surface area contributed by atoms with Gasteiger partial charge >= 0.3 is 11.9 Å². The highest BCUT2D eigenvalue weighted by molar-refractivity contribution is 6.13. The minimum absolute atomic E-state index is 0.123. The predicted octanol–water partition coefficient (Wildman–Crippen LogP) is 2.31. The Labute approximate surface area is 117 Å². The number of rotatable bonds is 2. The van der Waals surface area contributed by atoms with E-state index in [9.17, 15) is 9.59 Å². The van der Waals surface area contributed by atoms with Gasteiger partial charge in [-0.05, 0) is 24.3 Å². The summed E-state index contributed by atoms with van der Waals surface area (Å²) >= 11 is 0. The van der Waals surface area contributed by atoms with Gasteiger partial charge in [-0.15, -0.1) is 0 Å². The smallest absolute Gasteiger partial charge is 0.367 e. The van der Waals surface area contributed by atoms with Crippen molar-refractivity contribution in [3.8, 4) is 22.9 Å². The fraction of sp³-hybridized carbons (Fsp3) is 0. The summed E-state index contributed by atoms with van der Waals surface area (Å²) in [5.41, 5.74) is 0.365. The second kappa shape index (κ2) is 4.14. The third-order valence-corrected chi connectivity index (χ3v) is 2.98. The third-order valence-electron chi connectivity index (χ3n) is 2.98. The molecule has 4 heterocycles. The highest BCUT2D eigenvalue weighted by atomic mass is 16.6. The van der Waals surface area contributed by atoms with E-state index in [4.69, 9.17) is 8.83 Å². The molecule has 4 rings (SSSR count). The molecule has 0 unspecified atom stereocenters. The molecule has 0 radical (unpaired) electrons. The summed E-state index contributed by atoms with van der Waals surface area (Å²) in [4.78, 5) is 31.5. The normalized spacial score (nSPS) is 13.3. The Morgan fingerprint density at radius 2 is 1.19 bits per heavy atom. The van der Waals surface area contributed by atoms with Crippen LogP contribution in [0, 0.1) is 0 Å². The van der Waals surface area contributed by atoms with Crippen LogP contribution in [0.15, 0.2) is 45.6 Å². The molecule has 0 saturated carbocycles. The molecule has 1 aliphatic rings. The Morgan fingerprint density at radius 1 is 0.714 bits per heavy atom. The Morgan fingerprint density at radius 3 is 1.57 bits per heavy atom. The SMILES string of the molecule is O=C1OC(=O)c2nc(-c3ccco3)c(-c3ccco3)nc21. The number of carbonyl (C=O) groups is 2. The van der Waals surface area contributed by atoms with Crippen LogP contribution in [0.2, 0.25) is 0 Å². The Hall–Kier alpha value is -3.22. The van der Waals surface area contributed by atoms with E-state index in [0.29, 0.717) is 22.9 Å². The topological polar surface area (TPSA) is 95.4 Å². The molecule has 0 N–H and O–H groups in total. The number of fused-ring (bicyclic) bond motifs is 1. The maximum Gasteiger partial charge on any atom is 0.367 e. The molecular formula is C14H6N2O5. The van der Waals surface area contributed by atoms with E-state index in [1.807, 2.05) is 0 Å². The first-order valence-corrected chi connectivity index (χ1v) is 6.00. The maximum absolute atomic E-state index is 11.6. The molecule has 102 valence electrons. The van der Waals surface area contributed by atoms with Gasteiger partial charge in [-0.1, -0.05) is 0 Å². The summed E-state index contributed by atoms with van der Waals surface area (Å²) in [5, 5.41) is 0. The van der Waals surface area contributed by atoms with Crippen molar-refractivity contribution >= 4 is 11.9 Å². The minimum atomic E-state index is -0.818. The van der Waals surface area contributed by atoms with Gasteiger partial charge in [0.15, 0.2) is 22.9 Å². The molecule has 0 atom stereocenters. The van der Waals surface area contributed by atoms with E-state index < -0.39 is 11.9 Å². The van der Waals surface area contributed by atoms with Gasteiger partial charge in [-0.25, -0.2) is 19.6 Å². The van der Waals surface area contributed by atoms with E-state index in [-0.39, 0.29) is 11.4 Å². The number of furan rings is 2. The first kappa shape index (κ1) is 11.6. The Kier molecular flexibility index (Phi) is 2.28. The number of hydrogen-bond donors (Lipinski definition) is 0. The summed E-state index contributed by atoms with van der Waals surface area (Å²) < 4.78 is 15.1. The largest absolute Gasteiger partial charge is 0.463 e. The molecule has 0 aromatic carbocycles. The van der Waals surface area contributed by atoms with Crippen LogP contribution in [0.4, 0.5) is 0 Å². The zero-order valence-corrected chi connectivity index (χ0v) is 10.4. The second-order valence-corrected chi connectivity index (χ2v) is 4.25. The van der Waals surface area contributed by atoms with E-state index >= 15 is 0 Å². The van der Waals surface area contributed by atoms with Gasteiger partial charge in [0.2, 0.25) is 0 Å². The minimum Gasteiger partial charge on any atom is -0.463 e. The quantitative estimate of drug-likeness (QED) is 0.525. The van der Waals surface area contributed by atoms with Crippen LogP contribution in [0.1, 0.15) is 21.0 Å². The van der Waals surface area contributed by atoms with Crippen molar-refractivity contribution in [2.24, 2.45) is 0 Å². The van der Waals surface area contributed by atoms with Gasteiger partial charge in [0.05, 0.1) is 12.5 Å². The van der Waals surface area contributed by atoms with E-state index in [0.717, 1.165) is 0 Å². The highest BCUT2D eigenvalue weighted by Crippen LogP contribution is 2.32. The van der Waals surface area contributed by atoms with Crippen molar-refractivity contribution in [2.45, 2.75) is 0 Å². The zero-order chi connectivity index (χ0) is 14.4. The summed E-state index contributed by atoms with van der Waals surface area (Å²) in [5.74, 6) is -0.824. The summed E-state index contributed by atoms with van der Waals surface area (Å²) in [6.45, 7) is 0. The fourth-order valence-corrected chi connectivity index (χ4v) is 2.07. The predicted molar refractivity (Wildman–Crippen MR) is 67.2 cm³/mol. The Bertz CT molecular complexity index is 779. The number of nitrogens with zero attached hydrogens (tertiary/aromatic N) is 2. The van der Waals surface area contributed by atoms with E-state index in [1.54, 1.807) is 24.3 Å². The van der Waals surface area contributed by atoms with Gasteiger partial charge < -0.3 is 13.6 Å². The van der Waals surface area contributed by atoms with Crippen molar-refractivity contribution in [1.29, 1.82) is 0 Å². The lowest BCUT2D eigenvalue weighted by Gasteiger charge is -2.04. The van der Waals surface area contributed by atoms with Crippen LogP contribution in [0.3, 0.4) is 0 Å². The monoisotopic (exact) mass is 282 g/mol. The number of esters is 2. The average molecular weight is 282 g/mol. The lowest BCUT2D eigenvalue weighted by molar-refractivity contribution is 0.0439. The van der Waals surface area contributed by atoms with Crippen molar-refractivity contribution in [2.75, 3.05) is 0 Å². The maximum atomic E-state index is 11.6. The molecule has 0 spiro atoms. The number of cyclic esters (lactones) is 2. The third kappa shape index (κ3) is 1.68. The molecule has 0 fully saturated rings. The average Bonchev–Trinajstić information content (AvgIpc) is 3.21. The molecule has 0 amide bonds. The van der Waals surface area contributed by atoms with Gasteiger partial charge in [-0.3, -0.25) is 0 Å². The van der Waals surface area contributed by atoms with Gasteiger partial charge in [0.1, 0.15) is 11.4 Å².